The maximum absolute atomic E-state index is 5.58. The highest BCUT2D eigenvalue weighted by molar-refractivity contribution is 5.44. The van der Waals surface area contributed by atoms with Crippen LogP contribution in [0.1, 0.15) is 24.5 Å². The van der Waals surface area contributed by atoms with E-state index in [1.54, 1.807) is 7.11 Å². The molecule has 0 saturated carbocycles. The first kappa shape index (κ1) is 14.4. The highest BCUT2D eigenvalue weighted by Crippen LogP contribution is 2.45. The summed E-state index contributed by atoms with van der Waals surface area (Å²) in [5.74, 6) is 1.56. The van der Waals surface area contributed by atoms with Crippen LogP contribution < -0.4 is 10.1 Å². The summed E-state index contributed by atoms with van der Waals surface area (Å²) < 4.78 is 11.2. The number of hydrogen-bond acceptors (Lipinski definition) is 3. The Hall–Kier alpha value is -1.06. The third-order valence-corrected chi connectivity index (χ3v) is 4.34. The SMILES string of the molecule is CCC(CNC)C1(c2cc(C)ccc2OC)COC1. The molecule has 106 valence electrons. The largest absolute Gasteiger partial charge is 0.496 e. The average molecular weight is 263 g/mol. The maximum Gasteiger partial charge on any atom is 0.122 e. The van der Waals surface area contributed by atoms with Crippen molar-refractivity contribution in [1.82, 2.24) is 5.32 Å². The van der Waals surface area contributed by atoms with E-state index in [-0.39, 0.29) is 5.41 Å². The van der Waals surface area contributed by atoms with Crippen LogP contribution in [0.3, 0.4) is 0 Å². The molecule has 0 radical (unpaired) electrons. The molecule has 0 amide bonds. The summed E-state index contributed by atoms with van der Waals surface area (Å²) in [6.45, 7) is 7.00. The van der Waals surface area contributed by atoms with E-state index in [1.807, 2.05) is 7.05 Å². The lowest BCUT2D eigenvalue weighted by molar-refractivity contribution is -0.0918. The lowest BCUT2D eigenvalue weighted by Gasteiger charge is -2.48. The number of ether oxygens (including phenoxy) is 2. The van der Waals surface area contributed by atoms with Gasteiger partial charge in [0.2, 0.25) is 0 Å². The molecule has 0 aliphatic carbocycles. The highest BCUT2D eigenvalue weighted by Gasteiger charge is 2.47. The molecule has 1 aromatic rings. The van der Waals surface area contributed by atoms with Crippen molar-refractivity contribution >= 4 is 0 Å². The van der Waals surface area contributed by atoms with Crippen LogP contribution >= 0.6 is 0 Å². The molecule has 1 aromatic carbocycles. The summed E-state index contributed by atoms with van der Waals surface area (Å²) in [5, 5.41) is 3.32. The van der Waals surface area contributed by atoms with Crippen molar-refractivity contribution in [2.45, 2.75) is 25.7 Å². The summed E-state index contributed by atoms with van der Waals surface area (Å²) in [6, 6.07) is 6.45. The molecule has 1 N–H and O–H groups in total. The zero-order valence-corrected chi connectivity index (χ0v) is 12.5. The Bertz CT molecular complexity index is 427. The Labute approximate surface area is 116 Å². The number of rotatable bonds is 6. The molecule has 3 nitrogen and oxygen atoms in total. The van der Waals surface area contributed by atoms with E-state index in [9.17, 15) is 0 Å². The van der Waals surface area contributed by atoms with Crippen molar-refractivity contribution in [3.63, 3.8) is 0 Å². The van der Waals surface area contributed by atoms with Crippen LogP contribution in [0.4, 0.5) is 0 Å². The lowest BCUT2D eigenvalue weighted by Crippen LogP contribution is -2.54. The zero-order chi connectivity index (χ0) is 13.9. The summed E-state index contributed by atoms with van der Waals surface area (Å²) in [6.07, 6.45) is 1.14. The lowest BCUT2D eigenvalue weighted by atomic mass is 9.67. The van der Waals surface area contributed by atoms with Crippen LogP contribution in [0, 0.1) is 12.8 Å². The van der Waals surface area contributed by atoms with E-state index in [0.29, 0.717) is 5.92 Å². The Morgan fingerprint density at radius 2 is 2.16 bits per heavy atom. The summed E-state index contributed by atoms with van der Waals surface area (Å²) in [5.41, 5.74) is 2.69. The van der Waals surface area contributed by atoms with Crippen LogP contribution in [0.5, 0.6) is 5.75 Å². The fourth-order valence-electron chi connectivity index (χ4n) is 3.12. The van der Waals surface area contributed by atoms with Crippen LogP contribution in [0.2, 0.25) is 0 Å². The molecule has 1 saturated heterocycles. The molecule has 3 heteroatoms. The predicted octanol–water partition coefficient (Wildman–Crippen LogP) is 2.52. The molecule has 19 heavy (non-hydrogen) atoms. The normalized spacial score (nSPS) is 18.7. The van der Waals surface area contributed by atoms with E-state index in [0.717, 1.165) is 31.9 Å². The molecule has 1 unspecified atom stereocenters. The number of methoxy groups -OCH3 is 1. The quantitative estimate of drug-likeness (QED) is 0.855. The smallest absolute Gasteiger partial charge is 0.122 e. The van der Waals surface area contributed by atoms with Gasteiger partial charge in [-0.3, -0.25) is 0 Å². The van der Waals surface area contributed by atoms with Gasteiger partial charge >= 0.3 is 0 Å². The van der Waals surface area contributed by atoms with Crippen LogP contribution in [0.15, 0.2) is 18.2 Å². The maximum atomic E-state index is 5.58. The fraction of sp³-hybridized carbons (Fsp3) is 0.625. The number of hydrogen-bond donors (Lipinski definition) is 1. The Balaban J connectivity index is 2.43. The van der Waals surface area contributed by atoms with Gasteiger partial charge in [-0.05, 0) is 32.5 Å². The van der Waals surface area contributed by atoms with Crippen molar-refractivity contribution < 1.29 is 9.47 Å². The fourth-order valence-corrected chi connectivity index (χ4v) is 3.12. The first-order valence-electron chi connectivity index (χ1n) is 7.05. The van der Waals surface area contributed by atoms with Gasteiger partial charge in [0.15, 0.2) is 0 Å². The van der Waals surface area contributed by atoms with Gasteiger partial charge in [0.25, 0.3) is 0 Å². The first-order chi connectivity index (χ1) is 9.17. The minimum atomic E-state index is 0.106. The van der Waals surface area contributed by atoms with Gasteiger partial charge in [0, 0.05) is 11.0 Å². The summed E-state index contributed by atoms with van der Waals surface area (Å²) in [7, 11) is 3.77. The van der Waals surface area contributed by atoms with Gasteiger partial charge in [-0.25, -0.2) is 0 Å². The second-order valence-electron chi connectivity index (χ2n) is 5.52. The Morgan fingerprint density at radius 3 is 2.63 bits per heavy atom. The second-order valence-corrected chi connectivity index (χ2v) is 5.52. The number of aryl methyl sites for hydroxylation is 1. The van der Waals surface area contributed by atoms with E-state index in [1.165, 1.54) is 11.1 Å². The van der Waals surface area contributed by atoms with Crippen LogP contribution in [0.25, 0.3) is 0 Å². The molecule has 1 aliphatic rings. The molecule has 0 spiro atoms. The van der Waals surface area contributed by atoms with Crippen molar-refractivity contribution in [1.29, 1.82) is 0 Å². The molecule has 1 heterocycles. The summed E-state index contributed by atoms with van der Waals surface area (Å²) >= 11 is 0. The Morgan fingerprint density at radius 1 is 1.42 bits per heavy atom. The van der Waals surface area contributed by atoms with E-state index in [4.69, 9.17) is 9.47 Å². The molecule has 1 fully saturated rings. The third-order valence-electron chi connectivity index (χ3n) is 4.34. The van der Waals surface area contributed by atoms with Crippen LogP contribution in [-0.4, -0.2) is 33.9 Å². The second kappa shape index (κ2) is 5.93. The zero-order valence-electron chi connectivity index (χ0n) is 12.5. The van der Waals surface area contributed by atoms with Gasteiger partial charge in [-0.1, -0.05) is 31.0 Å². The molecular formula is C16H25NO2. The van der Waals surface area contributed by atoms with Gasteiger partial charge in [-0.2, -0.15) is 0 Å². The monoisotopic (exact) mass is 263 g/mol. The number of nitrogens with one attached hydrogen (secondary N) is 1. The topological polar surface area (TPSA) is 30.5 Å². The van der Waals surface area contributed by atoms with E-state index in [2.05, 4.69) is 37.4 Å². The molecule has 2 rings (SSSR count). The van der Waals surface area contributed by atoms with Crippen molar-refractivity contribution in [3.05, 3.63) is 29.3 Å². The molecule has 0 bridgehead atoms. The van der Waals surface area contributed by atoms with Gasteiger partial charge in [-0.15, -0.1) is 0 Å². The molecule has 1 atom stereocenters. The van der Waals surface area contributed by atoms with Crippen molar-refractivity contribution in [2.24, 2.45) is 5.92 Å². The Kier molecular flexibility index (Phi) is 4.48. The minimum Gasteiger partial charge on any atom is -0.496 e. The predicted molar refractivity (Wildman–Crippen MR) is 77.9 cm³/mol. The van der Waals surface area contributed by atoms with Crippen LogP contribution in [-0.2, 0) is 10.2 Å². The van der Waals surface area contributed by atoms with Crippen molar-refractivity contribution in [2.75, 3.05) is 33.9 Å². The molecular weight excluding hydrogens is 238 g/mol. The molecule has 0 aromatic heterocycles. The van der Waals surface area contributed by atoms with Crippen molar-refractivity contribution in [3.8, 4) is 5.75 Å². The first-order valence-corrected chi connectivity index (χ1v) is 7.05. The van der Waals surface area contributed by atoms with E-state index < -0.39 is 0 Å². The third kappa shape index (κ3) is 2.49. The average Bonchev–Trinajstić information content (AvgIpc) is 2.36. The molecule has 1 aliphatic heterocycles. The van der Waals surface area contributed by atoms with Gasteiger partial charge in [0.05, 0.1) is 20.3 Å². The van der Waals surface area contributed by atoms with Gasteiger partial charge in [0.1, 0.15) is 5.75 Å². The summed E-state index contributed by atoms with van der Waals surface area (Å²) in [4.78, 5) is 0. The highest BCUT2D eigenvalue weighted by atomic mass is 16.5. The van der Waals surface area contributed by atoms with E-state index >= 15 is 0 Å². The minimum absolute atomic E-state index is 0.106. The van der Waals surface area contributed by atoms with Gasteiger partial charge < -0.3 is 14.8 Å². The number of benzene rings is 1. The standard InChI is InChI=1S/C16H25NO2/c1-5-13(9-17-3)16(10-19-11-16)14-8-12(2)6-7-15(14)18-4/h6-8,13,17H,5,9-11H2,1-4H3.